The zero-order valence-electron chi connectivity index (χ0n) is 9.76. The van der Waals surface area contributed by atoms with Crippen molar-refractivity contribution in [1.82, 2.24) is 9.55 Å². The summed E-state index contributed by atoms with van der Waals surface area (Å²) in [6.07, 6.45) is 3.14. The smallest absolute Gasteiger partial charge is 0.250 e. The lowest BCUT2D eigenvalue weighted by atomic mass is 10.2. The van der Waals surface area contributed by atoms with Crippen molar-refractivity contribution < 1.29 is 4.79 Å². The molecule has 0 unspecified atom stereocenters. The van der Waals surface area contributed by atoms with E-state index < -0.39 is 0 Å². The molecule has 0 spiro atoms. The van der Waals surface area contributed by atoms with Gasteiger partial charge >= 0.3 is 0 Å². The number of halogens is 1. The predicted molar refractivity (Wildman–Crippen MR) is 69.1 cm³/mol. The van der Waals surface area contributed by atoms with Crippen LogP contribution in [-0.2, 0) is 6.54 Å². The molecule has 5 heteroatoms. The summed E-state index contributed by atoms with van der Waals surface area (Å²) >= 11 is 5.78. The minimum atomic E-state index is -0.159. The van der Waals surface area contributed by atoms with Crippen LogP contribution in [0, 0.1) is 0 Å². The molecule has 0 fully saturated rings. The monoisotopic (exact) mass is 262 g/mol. The number of ketones is 1. The Labute approximate surface area is 109 Å². The van der Waals surface area contributed by atoms with Crippen LogP contribution in [-0.4, -0.2) is 15.3 Å². The van der Waals surface area contributed by atoms with Crippen LogP contribution in [0.15, 0.2) is 41.5 Å². The van der Waals surface area contributed by atoms with E-state index in [0.29, 0.717) is 17.3 Å². The van der Waals surface area contributed by atoms with Gasteiger partial charge in [-0.2, -0.15) is 0 Å². The van der Waals surface area contributed by atoms with Gasteiger partial charge in [0.05, 0.1) is 6.54 Å². The van der Waals surface area contributed by atoms with E-state index in [9.17, 15) is 9.59 Å². The molecule has 2 aromatic rings. The Hall–Kier alpha value is -1.94. The van der Waals surface area contributed by atoms with E-state index in [4.69, 9.17) is 11.6 Å². The zero-order chi connectivity index (χ0) is 13.1. The molecule has 2 heterocycles. The molecule has 0 aromatic carbocycles. The van der Waals surface area contributed by atoms with E-state index >= 15 is 0 Å². The Morgan fingerprint density at radius 1 is 1.39 bits per heavy atom. The standard InChI is InChI=1S/C13H11ClN2O2/c1-9(17)11-2-3-13(18)16(8-11)7-10-4-5-15-12(14)6-10/h2-6,8H,7H2,1H3. The van der Waals surface area contributed by atoms with Crippen molar-refractivity contribution in [2.45, 2.75) is 13.5 Å². The fraction of sp³-hybridized carbons (Fsp3) is 0.154. The molecule has 0 atom stereocenters. The molecule has 92 valence electrons. The predicted octanol–water partition coefficient (Wildman–Crippen LogP) is 2.15. The largest absolute Gasteiger partial charge is 0.310 e. The highest BCUT2D eigenvalue weighted by Crippen LogP contribution is 2.08. The molecule has 0 radical (unpaired) electrons. The third-order valence-electron chi connectivity index (χ3n) is 2.53. The van der Waals surface area contributed by atoms with E-state index in [1.54, 1.807) is 24.5 Å². The number of carbonyl (C=O) groups is 1. The Bertz CT molecular complexity index is 649. The van der Waals surface area contributed by atoms with E-state index in [1.807, 2.05) is 0 Å². The summed E-state index contributed by atoms with van der Waals surface area (Å²) < 4.78 is 1.47. The molecule has 0 saturated carbocycles. The maximum atomic E-state index is 11.7. The minimum Gasteiger partial charge on any atom is -0.310 e. The van der Waals surface area contributed by atoms with Crippen molar-refractivity contribution in [3.8, 4) is 0 Å². The first kappa shape index (κ1) is 12.5. The van der Waals surface area contributed by atoms with Gasteiger partial charge in [0.15, 0.2) is 5.78 Å². The Balaban J connectivity index is 2.37. The molecule has 2 rings (SSSR count). The average Bonchev–Trinajstić information content (AvgIpc) is 2.31. The van der Waals surface area contributed by atoms with Crippen molar-refractivity contribution >= 4 is 17.4 Å². The maximum absolute atomic E-state index is 11.7. The van der Waals surface area contributed by atoms with Gasteiger partial charge in [-0.05, 0) is 30.7 Å². The number of rotatable bonds is 3. The van der Waals surface area contributed by atoms with Gasteiger partial charge in [-0.25, -0.2) is 4.98 Å². The van der Waals surface area contributed by atoms with E-state index in [1.165, 1.54) is 23.6 Å². The van der Waals surface area contributed by atoms with Crippen molar-refractivity contribution in [1.29, 1.82) is 0 Å². The van der Waals surface area contributed by atoms with Gasteiger partial charge in [0.25, 0.3) is 5.56 Å². The van der Waals surface area contributed by atoms with Crippen LogP contribution in [0.5, 0.6) is 0 Å². The fourth-order valence-corrected chi connectivity index (χ4v) is 1.80. The molecule has 0 bridgehead atoms. The van der Waals surface area contributed by atoms with E-state index in [2.05, 4.69) is 4.98 Å². The van der Waals surface area contributed by atoms with Gasteiger partial charge < -0.3 is 4.57 Å². The lowest BCUT2D eigenvalue weighted by molar-refractivity contribution is 0.101. The van der Waals surface area contributed by atoms with Gasteiger partial charge in [0.1, 0.15) is 5.15 Å². The van der Waals surface area contributed by atoms with Gasteiger partial charge in [-0.15, -0.1) is 0 Å². The quantitative estimate of drug-likeness (QED) is 0.629. The second-order valence-corrected chi connectivity index (χ2v) is 4.31. The first-order valence-electron chi connectivity index (χ1n) is 5.38. The van der Waals surface area contributed by atoms with Crippen molar-refractivity contribution in [3.05, 3.63) is 63.3 Å². The van der Waals surface area contributed by atoms with Crippen LogP contribution in [0.2, 0.25) is 5.15 Å². The summed E-state index contributed by atoms with van der Waals surface area (Å²) in [6, 6.07) is 6.38. The van der Waals surface area contributed by atoms with Crippen molar-refractivity contribution in [2.75, 3.05) is 0 Å². The molecule has 2 aromatic heterocycles. The third kappa shape index (κ3) is 2.84. The molecular weight excluding hydrogens is 252 g/mol. The van der Waals surface area contributed by atoms with Crippen LogP contribution in [0.25, 0.3) is 0 Å². The molecule has 0 saturated heterocycles. The first-order valence-corrected chi connectivity index (χ1v) is 5.76. The summed E-state index contributed by atoms with van der Waals surface area (Å²) in [7, 11) is 0. The molecule has 0 aliphatic rings. The normalized spacial score (nSPS) is 10.3. The number of nitrogens with zero attached hydrogens (tertiary/aromatic N) is 2. The van der Waals surface area contributed by atoms with Gasteiger partial charge in [0, 0.05) is 24.0 Å². The minimum absolute atomic E-state index is 0.0727. The topological polar surface area (TPSA) is 52.0 Å². The van der Waals surface area contributed by atoms with Crippen molar-refractivity contribution in [2.24, 2.45) is 0 Å². The second-order valence-electron chi connectivity index (χ2n) is 3.93. The van der Waals surface area contributed by atoms with Gasteiger partial charge in [-0.1, -0.05) is 11.6 Å². The lowest BCUT2D eigenvalue weighted by Gasteiger charge is -2.07. The summed E-state index contributed by atoms with van der Waals surface area (Å²) in [5.74, 6) is -0.0727. The lowest BCUT2D eigenvalue weighted by Crippen LogP contribution is -2.20. The summed E-state index contributed by atoms with van der Waals surface area (Å²) in [4.78, 5) is 26.8. The maximum Gasteiger partial charge on any atom is 0.250 e. The molecule has 0 N–H and O–H groups in total. The van der Waals surface area contributed by atoms with Crippen LogP contribution in [0.3, 0.4) is 0 Å². The molecule has 18 heavy (non-hydrogen) atoms. The summed E-state index contributed by atoms with van der Waals surface area (Å²) in [5.41, 5.74) is 1.21. The highest BCUT2D eigenvalue weighted by molar-refractivity contribution is 6.29. The average molecular weight is 263 g/mol. The van der Waals surface area contributed by atoms with Crippen LogP contribution in [0.4, 0.5) is 0 Å². The third-order valence-corrected chi connectivity index (χ3v) is 2.74. The number of pyridine rings is 2. The van der Waals surface area contributed by atoms with E-state index in [0.717, 1.165) is 5.56 Å². The van der Waals surface area contributed by atoms with Gasteiger partial charge in [-0.3, -0.25) is 9.59 Å². The van der Waals surface area contributed by atoms with Crippen LogP contribution >= 0.6 is 11.6 Å². The Morgan fingerprint density at radius 2 is 2.17 bits per heavy atom. The molecule has 0 aliphatic carbocycles. The summed E-state index contributed by atoms with van der Waals surface area (Å²) in [5, 5.41) is 0.378. The number of Topliss-reactive ketones (excluding diaryl/α,β-unsaturated/α-hetero) is 1. The molecular formula is C13H11ClN2O2. The molecule has 0 aliphatic heterocycles. The van der Waals surface area contributed by atoms with E-state index in [-0.39, 0.29) is 11.3 Å². The first-order chi connectivity index (χ1) is 8.56. The fourth-order valence-electron chi connectivity index (χ4n) is 1.60. The number of hydrogen-bond acceptors (Lipinski definition) is 3. The number of aromatic nitrogens is 2. The highest BCUT2D eigenvalue weighted by atomic mass is 35.5. The van der Waals surface area contributed by atoms with Crippen LogP contribution < -0.4 is 5.56 Å². The SMILES string of the molecule is CC(=O)c1ccc(=O)n(Cc2ccnc(Cl)c2)c1. The summed E-state index contributed by atoms with van der Waals surface area (Å²) in [6.45, 7) is 1.83. The van der Waals surface area contributed by atoms with Crippen LogP contribution in [0.1, 0.15) is 22.8 Å². The van der Waals surface area contributed by atoms with Crippen molar-refractivity contribution in [3.63, 3.8) is 0 Å². The second kappa shape index (κ2) is 5.14. The molecule has 0 amide bonds. The zero-order valence-corrected chi connectivity index (χ0v) is 10.5. The Morgan fingerprint density at radius 3 is 2.83 bits per heavy atom. The number of hydrogen-bond donors (Lipinski definition) is 0. The molecule has 4 nitrogen and oxygen atoms in total. The van der Waals surface area contributed by atoms with Gasteiger partial charge in [0.2, 0.25) is 0 Å². The number of carbonyl (C=O) groups excluding carboxylic acids is 1. The Kier molecular flexibility index (Phi) is 3.58. The highest BCUT2D eigenvalue weighted by Gasteiger charge is 2.04.